The molecule has 0 radical (unpaired) electrons. The van der Waals surface area contributed by atoms with Gasteiger partial charge in [-0.15, -0.1) is 10.2 Å². The van der Waals surface area contributed by atoms with Crippen LogP contribution in [0.5, 0.6) is 0 Å². The molecule has 7 nitrogen and oxygen atoms in total. The van der Waals surface area contributed by atoms with Gasteiger partial charge in [0.1, 0.15) is 6.54 Å². The largest absolute Gasteiger partial charge is 0.296 e. The van der Waals surface area contributed by atoms with Crippen molar-refractivity contribution in [1.82, 2.24) is 24.5 Å². The highest BCUT2D eigenvalue weighted by Gasteiger charge is 2.33. The molecule has 0 spiro atoms. The van der Waals surface area contributed by atoms with Crippen LogP contribution in [0.4, 0.5) is 0 Å². The molecule has 1 aliphatic carbocycles. The first kappa shape index (κ1) is 11.7. The van der Waals surface area contributed by atoms with Gasteiger partial charge in [0.05, 0.1) is 0 Å². The molecule has 3 rings (SSSR count). The maximum atomic E-state index is 11.4. The predicted molar refractivity (Wildman–Crippen MR) is 62.7 cm³/mol. The fourth-order valence-electron chi connectivity index (χ4n) is 1.82. The zero-order valence-corrected chi connectivity index (χ0v) is 10.8. The summed E-state index contributed by atoms with van der Waals surface area (Å²) in [6.07, 6.45) is 5.27. The van der Waals surface area contributed by atoms with Gasteiger partial charge in [-0.2, -0.15) is 5.10 Å². The molecule has 0 unspecified atom stereocenters. The van der Waals surface area contributed by atoms with Gasteiger partial charge < -0.3 is 0 Å². The molecule has 18 heavy (non-hydrogen) atoms. The van der Waals surface area contributed by atoms with Crippen molar-refractivity contribution in [2.45, 2.75) is 30.6 Å². The zero-order valence-electron chi connectivity index (χ0n) is 9.27. The Morgan fingerprint density at radius 2 is 2.17 bits per heavy atom. The molecule has 0 N–H and O–H groups in total. The first-order chi connectivity index (χ1) is 8.55. The molecule has 1 saturated carbocycles. The quantitative estimate of drug-likeness (QED) is 0.776. The number of aromatic nitrogens is 5. The van der Waals surface area contributed by atoms with Crippen LogP contribution in [-0.2, 0) is 15.6 Å². The van der Waals surface area contributed by atoms with Crippen LogP contribution >= 0.6 is 10.7 Å². The van der Waals surface area contributed by atoms with E-state index in [1.165, 1.54) is 0 Å². The molecule has 9 heteroatoms. The van der Waals surface area contributed by atoms with Crippen molar-refractivity contribution in [2.24, 2.45) is 0 Å². The van der Waals surface area contributed by atoms with Gasteiger partial charge in [-0.05, 0) is 18.9 Å². The second kappa shape index (κ2) is 4.06. The van der Waals surface area contributed by atoms with Crippen molar-refractivity contribution in [2.75, 3.05) is 0 Å². The van der Waals surface area contributed by atoms with E-state index in [0.29, 0.717) is 12.4 Å². The van der Waals surface area contributed by atoms with Gasteiger partial charge >= 0.3 is 0 Å². The summed E-state index contributed by atoms with van der Waals surface area (Å²) in [6, 6.07) is 1.92. The van der Waals surface area contributed by atoms with Gasteiger partial charge in [-0.1, -0.05) is 0 Å². The number of nitrogens with zero attached hydrogens (tertiary/aromatic N) is 5. The summed E-state index contributed by atoms with van der Waals surface area (Å²) in [5.74, 6) is 0.556. The van der Waals surface area contributed by atoms with Crippen molar-refractivity contribution in [1.29, 1.82) is 0 Å². The van der Waals surface area contributed by atoms with Crippen molar-refractivity contribution < 1.29 is 8.42 Å². The van der Waals surface area contributed by atoms with Gasteiger partial charge in [-0.3, -0.25) is 9.25 Å². The topological polar surface area (TPSA) is 82.7 Å². The lowest BCUT2D eigenvalue weighted by Gasteiger charge is -2.06. The van der Waals surface area contributed by atoms with E-state index in [-0.39, 0.29) is 11.2 Å². The number of hydrogen-bond donors (Lipinski definition) is 0. The first-order valence-corrected chi connectivity index (χ1v) is 7.72. The molecule has 0 bridgehead atoms. The standard InChI is InChI=1S/C9H10ClN5O2S/c10-18(16,17)9-13-12-8(15(9)7-2-3-7)6-14-5-1-4-11-14/h1,4-5,7H,2-3,6H2. The maximum Gasteiger partial charge on any atom is 0.296 e. The molecule has 2 aromatic rings. The molecule has 2 heterocycles. The molecular weight excluding hydrogens is 278 g/mol. The summed E-state index contributed by atoms with van der Waals surface area (Å²) in [5, 5.41) is 11.5. The number of rotatable bonds is 4. The van der Waals surface area contributed by atoms with Gasteiger partial charge in [0, 0.05) is 29.1 Å². The lowest BCUT2D eigenvalue weighted by Crippen LogP contribution is -2.11. The monoisotopic (exact) mass is 287 g/mol. The second-order valence-corrected chi connectivity index (χ2v) is 6.60. The van der Waals surface area contributed by atoms with E-state index in [4.69, 9.17) is 10.7 Å². The van der Waals surface area contributed by atoms with Crippen LogP contribution in [-0.4, -0.2) is 33.0 Å². The van der Waals surface area contributed by atoms with Crippen LogP contribution < -0.4 is 0 Å². The van der Waals surface area contributed by atoms with Crippen molar-refractivity contribution in [3.8, 4) is 0 Å². The highest BCUT2D eigenvalue weighted by atomic mass is 35.7. The first-order valence-electron chi connectivity index (χ1n) is 5.41. The molecular formula is C9H10ClN5O2S. The van der Waals surface area contributed by atoms with E-state index in [1.807, 2.05) is 0 Å². The fraction of sp³-hybridized carbons (Fsp3) is 0.444. The average molecular weight is 288 g/mol. The Morgan fingerprint density at radius 1 is 1.39 bits per heavy atom. The van der Waals surface area contributed by atoms with Crippen LogP contribution in [0.2, 0.25) is 0 Å². The number of halogens is 1. The molecule has 1 fully saturated rings. The highest BCUT2D eigenvalue weighted by Crippen LogP contribution is 2.38. The summed E-state index contributed by atoms with van der Waals surface area (Å²) >= 11 is 0. The molecule has 0 aliphatic heterocycles. The third-order valence-electron chi connectivity index (χ3n) is 2.73. The minimum absolute atomic E-state index is 0.133. The second-order valence-electron chi connectivity index (χ2n) is 4.14. The van der Waals surface area contributed by atoms with E-state index < -0.39 is 9.05 Å². The fourth-order valence-corrected chi connectivity index (χ4v) is 2.76. The van der Waals surface area contributed by atoms with Gasteiger partial charge in [0.15, 0.2) is 5.82 Å². The van der Waals surface area contributed by atoms with Crippen LogP contribution in [0.25, 0.3) is 0 Å². The van der Waals surface area contributed by atoms with Crippen LogP contribution in [0, 0.1) is 0 Å². The van der Waals surface area contributed by atoms with Crippen LogP contribution in [0.15, 0.2) is 23.6 Å². The van der Waals surface area contributed by atoms with E-state index in [2.05, 4.69) is 15.3 Å². The van der Waals surface area contributed by atoms with E-state index >= 15 is 0 Å². The molecule has 2 aromatic heterocycles. The Kier molecular flexibility index (Phi) is 2.63. The SMILES string of the molecule is O=S(=O)(Cl)c1nnc(Cn2cccn2)n1C1CC1. The van der Waals surface area contributed by atoms with Crippen LogP contribution in [0.1, 0.15) is 24.7 Å². The summed E-state index contributed by atoms with van der Waals surface area (Å²) < 4.78 is 26.1. The summed E-state index contributed by atoms with van der Waals surface area (Å²) in [7, 11) is 1.49. The summed E-state index contributed by atoms with van der Waals surface area (Å²) in [5.41, 5.74) is 0. The molecule has 0 amide bonds. The Hall–Kier alpha value is -1.41. The zero-order chi connectivity index (χ0) is 12.8. The third kappa shape index (κ3) is 2.13. The minimum Gasteiger partial charge on any atom is -0.296 e. The van der Waals surface area contributed by atoms with E-state index in [9.17, 15) is 8.42 Å². The Bertz CT molecular complexity index is 659. The van der Waals surface area contributed by atoms with Crippen LogP contribution in [0.3, 0.4) is 0 Å². The van der Waals surface area contributed by atoms with Gasteiger partial charge in [0.2, 0.25) is 0 Å². The van der Waals surface area contributed by atoms with E-state index in [1.54, 1.807) is 27.7 Å². The molecule has 0 saturated heterocycles. The minimum atomic E-state index is -3.86. The Morgan fingerprint density at radius 3 is 2.72 bits per heavy atom. The Labute approximate surface area is 108 Å². The summed E-state index contributed by atoms with van der Waals surface area (Å²) in [6.45, 7) is 0.378. The maximum absolute atomic E-state index is 11.4. The Balaban J connectivity index is 2.02. The lowest BCUT2D eigenvalue weighted by atomic mass is 10.5. The molecule has 0 atom stereocenters. The molecule has 1 aliphatic rings. The average Bonchev–Trinajstić information content (AvgIpc) is 2.84. The number of hydrogen-bond acceptors (Lipinski definition) is 5. The highest BCUT2D eigenvalue weighted by molar-refractivity contribution is 8.13. The summed E-state index contributed by atoms with van der Waals surface area (Å²) in [4.78, 5) is 0. The van der Waals surface area contributed by atoms with Gasteiger partial charge in [0.25, 0.3) is 14.2 Å². The van der Waals surface area contributed by atoms with Crippen molar-refractivity contribution >= 4 is 19.7 Å². The molecule has 0 aromatic carbocycles. The van der Waals surface area contributed by atoms with Crippen molar-refractivity contribution in [3.63, 3.8) is 0 Å². The third-order valence-corrected chi connectivity index (χ3v) is 3.86. The van der Waals surface area contributed by atoms with Crippen molar-refractivity contribution in [3.05, 3.63) is 24.3 Å². The lowest BCUT2D eigenvalue weighted by molar-refractivity contribution is 0.552. The van der Waals surface area contributed by atoms with E-state index in [0.717, 1.165) is 12.8 Å². The smallest absolute Gasteiger partial charge is 0.296 e. The normalized spacial score (nSPS) is 16.1. The molecule has 96 valence electrons. The predicted octanol–water partition coefficient (Wildman–Crippen LogP) is 0.785. The van der Waals surface area contributed by atoms with Gasteiger partial charge in [-0.25, -0.2) is 8.42 Å².